The van der Waals surface area contributed by atoms with Crippen molar-refractivity contribution < 1.29 is 14.0 Å². The van der Waals surface area contributed by atoms with Gasteiger partial charge in [-0.05, 0) is 11.1 Å². The van der Waals surface area contributed by atoms with Crippen LogP contribution < -0.4 is 15.1 Å². The van der Waals surface area contributed by atoms with E-state index in [0.29, 0.717) is 32.0 Å². The second-order valence-electron chi connectivity index (χ2n) is 7.99. The van der Waals surface area contributed by atoms with Gasteiger partial charge in [0.05, 0.1) is 32.5 Å². The summed E-state index contributed by atoms with van der Waals surface area (Å²) in [5.41, 5.74) is 2.44. The summed E-state index contributed by atoms with van der Waals surface area (Å²) in [4.78, 5) is 20.9. The Balaban J connectivity index is 1.31. The monoisotopic (exact) mass is 432 g/mol. The van der Waals surface area contributed by atoms with E-state index < -0.39 is 0 Å². The summed E-state index contributed by atoms with van der Waals surface area (Å²) in [5.74, 6) is 0.183. The molecule has 1 aliphatic rings. The smallest absolute Gasteiger partial charge is 0.352 e. The molecule has 0 radical (unpaired) electrons. The number of benzene rings is 2. The van der Waals surface area contributed by atoms with Crippen molar-refractivity contribution in [2.45, 2.75) is 19.3 Å². The van der Waals surface area contributed by atoms with Crippen molar-refractivity contribution in [3.63, 3.8) is 0 Å². The predicted octanol–water partition coefficient (Wildman–Crippen LogP) is 1.68. The van der Waals surface area contributed by atoms with Gasteiger partial charge in [-0.15, -0.1) is 4.52 Å². The van der Waals surface area contributed by atoms with Gasteiger partial charge in [-0.2, -0.15) is 0 Å². The Labute approximate surface area is 185 Å². The van der Waals surface area contributed by atoms with E-state index in [0.717, 1.165) is 17.7 Å². The van der Waals surface area contributed by atoms with Gasteiger partial charge in [0.2, 0.25) is 6.33 Å². The predicted molar refractivity (Wildman–Crippen MR) is 119 cm³/mol. The Morgan fingerprint density at radius 1 is 1.00 bits per heavy atom. The van der Waals surface area contributed by atoms with Crippen LogP contribution >= 0.6 is 0 Å². The molecule has 4 aromatic rings. The molecule has 1 saturated heterocycles. The van der Waals surface area contributed by atoms with Crippen molar-refractivity contribution >= 4 is 5.65 Å². The Bertz CT molecular complexity index is 1210. The molecule has 2 aromatic heterocycles. The quantitative estimate of drug-likeness (QED) is 0.429. The highest BCUT2D eigenvalue weighted by molar-refractivity contribution is 5.22. The lowest BCUT2D eigenvalue weighted by molar-refractivity contribution is -0.611. The Hall–Kier alpha value is -3.49. The molecule has 0 spiro atoms. The normalized spacial score (nSPS) is 18.4. The van der Waals surface area contributed by atoms with Crippen LogP contribution in [0.4, 0.5) is 0 Å². The second-order valence-corrected chi connectivity index (χ2v) is 7.99. The summed E-state index contributed by atoms with van der Waals surface area (Å²) in [6.07, 6.45) is 5.08. The number of aromatic amines is 1. The molecule has 0 unspecified atom stereocenters. The minimum absolute atomic E-state index is 0.00831. The molecule has 32 heavy (non-hydrogen) atoms. The third-order valence-corrected chi connectivity index (χ3v) is 5.76. The Kier molecular flexibility index (Phi) is 5.96. The molecule has 2 aromatic carbocycles. The van der Waals surface area contributed by atoms with Gasteiger partial charge < -0.3 is 14.5 Å². The standard InChI is InChI=1S/C24H25N5O3/c30-24-23-26-18-29(28(23)12-11-25-24)27-13-21(17-31-15-19-7-3-1-4-8-19)22(14-27)32-16-20-9-5-2-6-10-20/h1-12,18,21-22H,13-17H2/p+1/t21-,22-/m1/s1. The maximum atomic E-state index is 12.1. The molecule has 0 aliphatic carbocycles. The molecule has 3 heterocycles. The number of hydrogen-bond acceptors (Lipinski definition) is 5. The van der Waals surface area contributed by atoms with Gasteiger partial charge in [-0.3, -0.25) is 4.79 Å². The zero-order valence-electron chi connectivity index (χ0n) is 17.7. The molecular formula is C24H26N5O3+. The Morgan fingerprint density at radius 2 is 1.72 bits per heavy atom. The van der Waals surface area contributed by atoms with Crippen LogP contribution in [0.5, 0.6) is 0 Å². The van der Waals surface area contributed by atoms with E-state index in [4.69, 9.17) is 9.47 Å². The van der Waals surface area contributed by atoms with Crippen LogP contribution in [-0.4, -0.2) is 40.6 Å². The van der Waals surface area contributed by atoms with E-state index in [9.17, 15) is 4.79 Å². The largest absolute Gasteiger partial charge is 0.376 e. The Morgan fingerprint density at radius 3 is 2.47 bits per heavy atom. The summed E-state index contributed by atoms with van der Waals surface area (Å²) in [5, 5.41) is 2.14. The lowest BCUT2D eigenvalue weighted by Crippen LogP contribution is -2.48. The van der Waals surface area contributed by atoms with Crippen molar-refractivity contribution in [1.29, 1.82) is 0 Å². The second kappa shape index (κ2) is 9.33. The van der Waals surface area contributed by atoms with Crippen molar-refractivity contribution in [1.82, 2.24) is 14.8 Å². The van der Waals surface area contributed by atoms with Gasteiger partial charge in [0.15, 0.2) is 0 Å². The van der Waals surface area contributed by atoms with Crippen LogP contribution in [0.2, 0.25) is 0 Å². The fraction of sp³-hybridized carbons (Fsp3) is 0.292. The third-order valence-electron chi connectivity index (χ3n) is 5.76. The molecule has 0 amide bonds. The lowest BCUT2D eigenvalue weighted by atomic mass is 10.1. The zero-order valence-corrected chi connectivity index (χ0v) is 17.7. The summed E-state index contributed by atoms with van der Waals surface area (Å²) in [7, 11) is 0. The SMILES string of the molecule is O=c1[nH]cc[n+]2c1ncn2N1C[C@H](COCc2ccccc2)[C@H](OCc2ccccc2)C1. The summed E-state index contributed by atoms with van der Waals surface area (Å²) < 4.78 is 14.2. The summed E-state index contributed by atoms with van der Waals surface area (Å²) in [6.45, 7) is 3.12. The van der Waals surface area contributed by atoms with E-state index in [1.807, 2.05) is 41.2 Å². The van der Waals surface area contributed by atoms with E-state index in [-0.39, 0.29) is 17.6 Å². The molecule has 8 nitrogen and oxygen atoms in total. The minimum atomic E-state index is -0.218. The van der Waals surface area contributed by atoms with Crippen LogP contribution in [0.25, 0.3) is 5.65 Å². The first kappa shape index (κ1) is 20.4. The first-order valence-electron chi connectivity index (χ1n) is 10.8. The van der Waals surface area contributed by atoms with Gasteiger partial charge in [0, 0.05) is 12.1 Å². The van der Waals surface area contributed by atoms with Crippen LogP contribution in [0.3, 0.4) is 0 Å². The van der Waals surface area contributed by atoms with Crippen molar-refractivity contribution in [3.8, 4) is 0 Å². The van der Waals surface area contributed by atoms with Crippen molar-refractivity contribution in [3.05, 3.63) is 101 Å². The highest BCUT2D eigenvalue weighted by Crippen LogP contribution is 2.21. The van der Waals surface area contributed by atoms with Crippen molar-refractivity contribution in [2.75, 3.05) is 24.7 Å². The number of rotatable bonds is 8. The van der Waals surface area contributed by atoms with Crippen LogP contribution in [0.15, 0.2) is 84.2 Å². The van der Waals surface area contributed by atoms with Gasteiger partial charge in [-0.1, -0.05) is 70.4 Å². The highest BCUT2D eigenvalue weighted by atomic mass is 16.5. The maximum Gasteiger partial charge on any atom is 0.352 e. The van der Waals surface area contributed by atoms with Crippen LogP contribution in [0.1, 0.15) is 11.1 Å². The molecule has 0 saturated carbocycles. The molecule has 1 aliphatic heterocycles. The zero-order chi connectivity index (χ0) is 21.8. The number of fused-ring (bicyclic) bond motifs is 1. The molecule has 5 rings (SSSR count). The van der Waals surface area contributed by atoms with Crippen LogP contribution in [0, 0.1) is 5.92 Å². The fourth-order valence-corrected chi connectivity index (χ4v) is 4.09. The van der Waals surface area contributed by atoms with E-state index >= 15 is 0 Å². The topological polar surface area (TPSA) is 76.5 Å². The first-order chi connectivity index (χ1) is 15.8. The third kappa shape index (κ3) is 4.42. The molecule has 8 heteroatoms. The minimum Gasteiger partial charge on any atom is -0.376 e. The van der Waals surface area contributed by atoms with E-state index in [1.54, 1.807) is 23.2 Å². The fourth-order valence-electron chi connectivity index (χ4n) is 4.09. The number of hydrogen-bond donors (Lipinski definition) is 1. The number of nitrogens with zero attached hydrogens (tertiary/aromatic N) is 4. The molecule has 0 bridgehead atoms. The number of H-pyrrole nitrogens is 1. The molecule has 1 N–H and O–H groups in total. The maximum absolute atomic E-state index is 12.1. The highest BCUT2D eigenvalue weighted by Gasteiger charge is 2.38. The molecular weight excluding hydrogens is 406 g/mol. The van der Waals surface area contributed by atoms with E-state index in [2.05, 4.69) is 39.2 Å². The van der Waals surface area contributed by atoms with Gasteiger partial charge in [0.1, 0.15) is 12.7 Å². The number of nitrogens with one attached hydrogen (secondary N) is 1. The number of ether oxygens (including phenoxy) is 2. The van der Waals surface area contributed by atoms with Gasteiger partial charge in [-0.25, -0.2) is 5.01 Å². The average molecular weight is 433 g/mol. The van der Waals surface area contributed by atoms with Crippen molar-refractivity contribution in [2.24, 2.45) is 5.92 Å². The lowest BCUT2D eigenvalue weighted by Gasteiger charge is -2.17. The average Bonchev–Trinajstić information content (AvgIpc) is 3.44. The molecule has 164 valence electrons. The first-order valence-corrected chi connectivity index (χ1v) is 10.8. The summed E-state index contributed by atoms with van der Waals surface area (Å²) >= 11 is 0. The number of aromatic nitrogens is 4. The molecule has 2 atom stereocenters. The van der Waals surface area contributed by atoms with Gasteiger partial charge >= 0.3 is 11.2 Å². The molecule has 1 fully saturated rings. The van der Waals surface area contributed by atoms with Gasteiger partial charge in [0.25, 0.3) is 0 Å². The van der Waals surface area contributed by atoms with E-state index in [1.165, 1.54) is 0 Å². The summed E-state index contributed by atoms with van der Waals surface area (Å²) in [6, 6.07) is 20.4. The van der Waals surface area contributed by atoms with Crippen LogP contribution in [-0.2, 0) is 22.7 Å².